The van der Waals surface area contributed by atoms with E-state index in [1.807, 2.05) is 6.20 Å². The highest BCUT2D eigenvalue weighted by Crippen LogP contribution is 2.21. The first-order valence-electron chi connectivity index (χ1n) is 4.91. The first-order valence-corrected chi connectivity index (χ1v) is 4.91. The summed E-state index contributed by atoms with van der Waals surface area (Å²) in [7, 11) is 3.56. The Kier molecular flexibility index (Phi) is 3.16. The van der Waals surface area contributed by atoms with Crippen LogP contribution in [0.1, 0.15) is 25.5 Å². The normalized spacial score (nSPS) is 13.6. The molecule has 0 radical (unpaired) electrons. The van der Waals surface area contributed by atoms with Gasteiger partial charge in [0, 0.05) is 38.4 Å². The number of hydrogen-bond acceptors (Lipinski definition) is 2. The molecule has 1 aromatic rings. The first-order chi connectivity index (χ1) is 6.49. The van der Waals surface area contributed by atoms with Crippen molar-refractivity contribution in [2.45, 2.75) is 19.8 Å². The van der Waals surface area contributed by atoms with Crippen molar-refractivity contribution in [1.29, 1.82) is 0 Å². The summed E-state index contributed by atoms with van der Waals surface area (Å²) in [5.41, 5.74) is 6.75. The van der Waals surface area contributed by atoms with Gasteiger partial charge in [-0.15, -0.1) is 0 Å². The summed E-state index contributed by atoms with van der Waals surface area (Å²) in [4.78, 5) is 11.5. The lowest BCUT2D eigenvalue weighted by molar-refractivity contribution is 0.481. The van der Waals surface area contributed by atoms with E-state index in [1.54, 1.807) is 23.2 Å². The number of aromatic nitrogens is 2. The highest BCUT2D eigenvalue weighted by molar-refractivity contribution is 5.08. The molecule has 14 heavy (non-hydrogen) atoms. The Morgan fingerprint density at radius 1 is 1.43 bits per heavy atom. The van der Waals surface area contributed by atoms with Crippen LogP contribution in [0.3, 0.4) is 0 Å². The lowest BCUT2D eigenvalue weighted by atomic mass is 9.93. The average Bonchev–Trinajstić information content (AvgIpc) is 2.35. The third-order valence-electron chi connectivity index (χ3n) is 2.74. The standard InChI is InChI=1S/C10H19N3O/c1-7(2)8(5-11)9-6-12(3)10(14)13(9)4/h6-8H,5,11H2,1-4H3. The molecule has 0 aliphatic carbocycles. The van der Waals surface area contributed by atoms with Crippen molar-refractivity contribution in [3.63, 3.8) is 0 Å². The summed E-state index contributed by atoms with van der Waals surface area (Å²) < 4.78 is 3.28. The molecule has 80 valence electrons. The smallest absolute Gasteiger partial charge is 0.327 e. The lowest BCUT2D eigenvalue weighted by Crippen LogP contribution is -2.24. The van der Waals surface area contributed by atoms with Crippen molar-refractivity contribution in [1.82, 2.24) is 9.13 Å². The fourth-order valence-electron chi connectivity index (χ4n) is 1.77. The summed E-state index contributed by atoms with van der Waals surface area (Å²) in [6.45, 7) is 4.82. The summed E-state index contributed by atoms with van der Waals surface area (Å²) in [5.74, 6) is 0.710. The number of hydrogen-bond donors (Lipinski definition) is 1. The van der Waals surface area contributed by atoms with Gasteiger partial charge in [-0.2, -0.15) is 0 Å². The topological polar surface area (TPSA) is 52.9 Å². The fourth-order valence-corrected chi connectivity index (χ4v) is 1.77. The van der Waals surface area contributed by atoms with E-state index in [0.29, 0.717) is 12.5 Å². The predicted octanol–water partition coefficient (Wildman–Crippen LogP) is 0.422. The minimum atomic E-state index is 0.0131. The summed E-state index contributed by atoms with van der Waals surface area (Å²) in [6, 6.07) is 0. The molecule has 4 nitrogen and oxygen atoms in total. The van der Waals surface area contributed by atoms with Gasteiger partial charge in [0.15, 0.2) is 0 Å². The van der Waals surface area contributed by atoms with Crippen LogP contribution in [0.15, 0.2) is 11.0 Å². The number of aryl methyl sites for hydroxylation is 1. The van der Waals surface area contributed by atoms with Crippen molar-refractivity contribution in [2.24, 2.45) is 25.7 Å². The van der Waals surface area contributed by atoms with Crippen molar-refractivity contribution in [3.8, 4) is 0 Å². The number of nitrogens with two attached hydrogens (primary N) is 1. The molecule has 0 aliphatic rings. The molecule has 0 bridgehead atoms. The van der Waals surface area contributed by atoms with Crippen LogP contribution in [0.2, 0.25) is 0 Å². The van der Waals surface area contributed by atoms with Gasteiger partial charge in [-0.05, 0) is 5.92 Å². The number of rotatable bonds is 3. The van der Waals surface area contributed by atoms with E-state index in [9.17, 15) is 4.79 Å². The molecule has 4 heteroatoms. The van der Waals surface area contributed by atoms with Gasteiger partial charge in [-0.3, -0.25) is 4.57 Å². The predicted molar refractivity (Wildman–Crippen MR) is 57.3 cm³/mol. The second kappa shape index (κ2) is 4.00. The van der Waals surface area contributed by atoms with Crippen LogP contribution in [-0.2, 0) is 14.1 Å². The van der Waals surface area contributed by atoms with Crippen LogP contribution in [0.4, 0.5) is 0 Å². The zero-order chi connectivity index (χ0) is 10.9. The molecule has 0 fully saturated rings. The van der Waals surface area contributed by atoms with Crippen molar-refractivity contribution < 1.29 is 0 Å². The van der Waals surface area contributed by atoms with Crippen molar-refractivity contribution in [2.75, 3.05) is 6.54 Å². The maximum Gasteiger partial charge on any atom is 0.327 e. The minimum absolute atomic E-state index is 0.0131. The Labute approximate surface area is 84.3 Å². The molecule has 2 N–H and O–H groups in total. The van der Waals surface area contributed by atoms with Crippen LogP contribution in [0.25, 0.3) is 0 Å². The van der Waals surface area contributed by atoms with Crippen LogP contribution >= 0.6 is 0 Å². The van der Waals surface area contributed by atoms with E-state index in [-0.39, 0.29) is 11.6 Å². The third kappa shape index (κ3) is 1.75. The molecule has 0 saturated heterocycles. The van der Waals surface area contributed by atoms with Gasteiger partial charge < -0.3 is 10.3 Å². The maximum absolute atomic E-state index is 11.5. The van der Waals surface area contributed by atoms with E-state index in [0.717, 1.165) is 5.69 Å². The molecule has 1 rings (SSSR count). The molecule has 0 spiro atoms. The Hall–Kier alpha value is -1.03. The van der Waals surface area contributed by atoms with E-state index in [4.69, 9.17) is 5.73 Å². The van der Waals surface area contributed by atoms with Gasteiger partial charge in [0.05, 0.1) is 0 Å². The van der Waals surface area contributed by atoms with Gasteiger partial charge >= 0.3 is 5.69 Å². The Morgan fingerprint density at radius 2 is 2.00 bits per heavy atom. The molecular weight excluding hydrogens is 178 g/mol. The third-order valence-corrected chi connectivity index (χ3v) is 2.74. The van der Waals surface area contributed by atoms with E-state index >= 15 is 0 Å². The van der Waals surface area contributed by atoms with Gasteiger partial charge in [0.1, 0.15) is 0 Å². The highest BCUT2D eigenvalue weighted by atomic mass is 16.1. The molecule has 0 aliphatic heterocycles. The molecule has 1 unspecified atom stereocenters. The molecule has 1 aromatic heterocycles. The van der Waals surface area contributed by atoms with E-state index < -0.39 is 0 Å². The van der Waals surface area contributed by atoms with E-state index in [2.05, 4.69) is 13.8 Å². The average molecular weight is 197 g/mol. The molecule has 1 heterocycles. The quantitative estimate of drug-likeness (QED) is 0.763. The number of nitrogens with zero attached hydrogens (tertiary/aromatic N) is 2. The molecule has 1 atom stereocenters. The van der Waals surface area contributed by atoms with Crippen molar-refractivity contribution >= 4 is 0 Å². The van der Waals surface area contributed by atoms with Gasteiger partial charge in [-0.1, -0.05) is 13.8 Å². The minimum Gasteiger partial charge on any atom is -0.330 e. The summed E-state index contributed by atoms with van der Waals surface area (Å²) in [6.07, 6.45) is 1.87. The SMILES string of the molecule is CC(C)C(CN)c1cn(C)c(=O)n1C. The molecule has 0 amide bonds. The molecular formula is C10H19N3O. The monoisotopic (exact) mass is 197 g/mol. The maximum atomic E-state index is 11.5. The van der Waals surface area contributed by atoms with Crippen LogP contribution in [0, 0.1) is 5.92 Å². The second-order valence-electron chi connectivity index (χ2n) is 4.09. The number of imidazole rings is 1. The summed E-state index contributed by atoms with van der Waals surface area (Å²) >= 11 is 0. The van der Waals surface area contributed by atoms with Crippen LogP contribution < -0.4 is 11.4 Å². The van der Waals surface area contributed by atoms with E-state index in [1.165, 1.54) is 0 Å². The van der Waals surface area contributed by atoms with Crippen LogP contribution in [0.5, 0.6) is 0 Å². The zero-order valence-corrected chi connectivity index (χ0v) is 9.32. The lowest BCUT2D eigenvalue weighted by Gasteiger charge is -2.18. The fraction of sp³-hybridized carbons (Fsp3) is 0.700. The van der Waals surface area contributed by atoms with Gasteiger partial charge in [0.25, 0.3) is 0 Å². The van der Waals surface area contributed by atoms with Gasteiger partial charge in [-0.25, -0.2) is 4.79 Å². The highest BCUT2D eigenvalue weighted by Gasteiger charge is 2.18. The molecule has 0 aromatic carbocycles. The zero-order valence-electron chi connectivity index (χ0n) is 9.32. The summed E-state index contributed by atoms with van der Waals surface area (Å²) in [5, 5.41) is 0. The second-order valence-corrected chi connectivity index (χ2v) is 4.09. The van der Waals surface area contributed by atoms with Gasteiger partial charge in [0.2, 0.25) is 0 Å². The Morgan fingerprint density at radius 3 is 2.29 bits per heavy atom. The van der Waals surface area contributed by atoms with Crippen LogP contribution in [-0.4, -0.2) is 15.7 Å². The van der Waals surface area contributed by atoms with Crippen molar-refractivity contribution in [3.05, 3.63) is 22.4 Å². The Balaban J connectivity index is 3.17. The first kappa shape index (κ1) is 11.0. The largest absolute Gasteiger partial charge is 0.330 e. The molecule has 0 saturated carbocycles. The Bertz CT molecular complexity index is 362.